The zero-order valence-electron chi connectivity index (χ0n) is 12.1. The Morgan fingerprint density at radius 3 is 2.62 bits per heavy atom. The number of rotatable bonds is 3. The Morgan fingerprint density at radius 2 is 2.10 bits per heavy atom. The minimum atomic E-state index is -0.944. The summed E-state index contributed by atoms with van der Waals surface area (Å²) in [6.45, 7) is 5.04. The predicted octanol–water partition coefficient (Wildman–Crippen LogP) is 2.49. The molecule has 1 aromatic rings. The average molecular weight is 309 g/mol. The van der Waals surface area contributed by atoms with Crippen molar-refractivity contribution in [2.75, 3.05) is 7.11 Å². The zero-order valence-corrected chi connectivity index (χ0v) is 12.9. The normalized spacial score (nSPS) is 18.5. The van der Waals surface area contributed by atoms with Gasteiger partial charge in [-0.2, -0.15) is 0 Å². The number of carbonyl (C=O) groups excluding carboxylic acids is 3. The van der Waals surface area contributed by atoms with Gasteiger partial charge in [0.1, 0.15) is 17.6 Å². The molecular formula is C14H15NO5S. The van der Waals surface area contributed by atoms with Crippen molar-refractivity contribution < 1.29 is 23.5 Å². The number of ether oxygens (including phenoxy) is 1. The molecule has 6 nitrogen and oxygen atoms in total. The molecule has 1 aromatic heterocycles. The summed E-state index contributed by atoms with van der Waals surface area (Å²) in [4.78, 5) is 36.9. The van der Waals surface area contributed by atoms with E-state index in [1.165, 1.54) is 14.0 Å². The smallest absolute Gasteiger partial charge is 0.328 e. The monoisotopic (exact) mass is 309 g/mol. The molecule has 0 spiro atoms. The van der Waals surface area contributed by atoms with Gasteiger partial charge in [-0.1, -0.05) is 0 Å². The molecule has 21 heavy (non-hydrogen) atoms. The third-order valence-corrected chi connectivity index (χ3v) is 4.00. The van der Waals surface area contributed by atoms with Crippen LogP contribution in [0.5, 0.6) is 0 Å². The molecule has 0 N–H and O–H groups in total. The second-order valence-corrected chi connectivity index (χ2v) is 5.61. The highest BCUT2D eigenvalue weighted by Crippen LogP contribution is 2.34. The fourth-order valence-corrected chi connectivity index (χ4v) is 2.92. The standard InChI is InChI=1S/C14H15NO5S/c1-7-5-10(9(3)20-7)6-11-12(16)15(14(18)21-11)8(2)13(17)19-4/h5-6,8H,1-4H3/b11-6+. The Balaban J connectivity index is 2.30. The van der Waals surface area contributed by atoms with Crippen LogP contribution in [0.15, 0.2) is 15.4 Å². The lowest BCUT2D eigenvalue weighted by molar-refractivity contribution is -0.148. The number of methoxy groups -OCH3 is 1. The number of hydrogen-bond donors (Lipinski definition) is 0. The Morgan fingerprint density at radius 1 is 1.43 bits per heavy atom. The predicted molar refractivity (Wildman–Crippen MR) is 77.5 cm³/mol. The lowest BCUT2D eigenvalue weighted by Crippen LogP contribution is -2.42. The van der Waals surface area contributed by atoms with Gasteiger partial charge in [0.2, 0.25) is 0 Å². The van der Waals surface area contributed by atoms with Gasteiger partial charge >= 0.3 is 5.97 Å². The van der Waals surface area contributed by atoms with Crippen molar-refractivity contribution in [3.63, 3.8) is 0 Å². The van der Waals surface area contributed by atoms with E-state index in [-0.39, 0.29) is 4.91 Å². The number of carbonyl (C=O) groups is 3. The highest BCUT2D eigenvalue weighted by Gasteiger charge is 2.41. The number of nitrogens with zero attached hydrogens (tertiary/aromatic N) is 1. The third-order valence-electron chi connectivity index (χ3n) is 3.12. The molecule has 1 aliphatic rings. The van der Waals surface area contributed by atoms with E-state index in [0.29, 0.717) is 5.76 Å². The van der Waals surface area contributed by atoms with Crippen LogP contribution in [0.25, 0.3) is 6.08 Å². The van der Waals surface area contributed by atoms with Crippen molar-refractivity contribution in [2.24, 2.45) is 0 Å². The van der Waals surface area contributed by atoms with Gasteiger partial charge in [0.25, 0.3) is 11.1 Å². The van der Waals surface area contributed by atoms with Crippen LogP contribution in [0.3, 0.4) is 0 Å². The summed E-state index contributed by atoms with van der Waals surface area (Å²) in [5.41, 5.74) is 0.740. The maximum atomic E-state index is 12.3. The first-order valence-electron chi connectivity index (χ1n) is 6.27. The van der Waals surface area contributed by atoms with Gasteiger partial charge in [0, 0.05) is 5.56 Å². The molecule has 7 heteroatoms. The van der Waals surface area contributed by atoms with Crippen LogP contribution in [0.1, 0.15) is 24.0 Å². The molecule has 1 atom stereocenters. The molecule has 2 amide bonds. The Bertz CT molecular complexity index is 646. The molecule has 0 radical (unpaired) electrons. The van der Waals surface area contributed by atoms with E-state index in [1.807, 2.05) is 0 Å². The largest absolute Gasteiger partial charge is 0.467 e. The maximum absolute atomic E-state index is 12.3. The molecule has 1 aliphatic heterocycles. The molecule has 112 valence electrons. The number of furan rings is 1. The first-order valence-corrected chi connectivity index (χ1v) is 7.08. The highest BCUT2D eigenvalue weighted by molar-refractivity contribution is 8.18. The molecule has 0 aliphatic carbocycles. The summed E-state index contributed by atoms with van der Waals surface area (Å²) in [6, 6.07) is 0.841. The number of thioether (sulfide) groups is 1. The lowest BCUT2D eigenvalue weighted by atomic mass is 10.2. The van der Waals surface area contributed by atoms with E-state index in [0.717, 1.165) is 28.0 Å². The van der Waals surface area contributed by atoms with Crippen LogP contribution in [0, 0.1) is 13.8 Å². The Hall–Kier alpha value is -2.02. The summed E-state index contributed by atoms with van der Waals surface area (Å²) in [5, 5.41) is -0.484. The Labute approximate surface area is 126 Å². The number of esters is 1. The molecule has 2 heterocycles. The molecule has 2 rings (SSSR count). The quantitative estimate of drug-likeness (QED) is 0.630. The molecule has 1 unspecified atom stereocenters. The van der Waals surface area contributed by atoms with Crippen LogP contribution < -0.4 is 0 Å². The van der Waals surface area contributed by atoms with Crippen molar-refractivity contribution in [1.29, 1.82) is 0 Å². The number of hydrogen-bond acceptors (Lipinski definition) is 6. The van der Waals surface area contributed by atoms with Gasteiger partial charge in [0.15, 0.2) is 0 Å². The van der Waals surface area contributed by atoms with Gasteiger partial charge < -0.3 is 9.15 Å². The maximum Gasteiger partial charge on any atom is 0.328 e. The molecule has 0 bridgehead atoms. The average Bonchev–Trinajstić information content (AvgIpc) is 2.88. The van der Waals surface area contributed by atoms with Crippen LogP contribution in [-0.4, -0.2) is 35.2 Å². The van der Waals surface area contributed by atoms with Gasteiger partial charge in [-0.3, -0.25) is 14.5 Å². The summed E-state index contributed by atoms with van der Waals surface area (Å²) < 4.78 is 9.95. The fourth-order valence-electron chi connectivity index (χ4n) is 2.02. The van der Waals surface area contributed by atoms with Crippen LogP contribution in [-0.2, 0) is 14.3 Å². The van der Waals surface area contributed by atoms with E-state index in [2.05, 4.69) is 4.74 Å². The highest BCUT2D eigenvalue weighted by atomic mass is 32.2. The molecular weight excluding hydrogens is 294 g/mol. The molecule has 1 saturated heterocycles. The van der Waals surface area contributed by atoms with Crippen molar-refractivity contribution >= 4 is 35.0 Å². The number of imide groups is 1. The van der Waals surface area contributed by atoms with Gasteiger partial charge in [-0.15, -0.1) is 0 Å². The molecule has 0 aromatic carbocycles. The van der Waals surface area contributed by atoms with Crippen LogP contribution in [0.4, 0.5) is 4.79 Å². The summed E-state index contributed by atoms with van der Waals surface area (Å²) >= 11 is 0.800. The van der Waals surface area contributed by atoms with Gasteiger partial charge in [0.05, 0.1) is 12.0 Å². The first kappa shape index (κ1) is 15.4. The van der Waals surface area contributed by atoms with E-state index >= 15 is 0 Å². The second-order valence-electron chi connectivity index (χ2n) is 4.62. The van der Waals surface area contributed by atoms with Crippen molar-refractivity contribution in [2.45, 2.75) is 26.8 Å². The summed E-state index contributed by atoms with van der Waals surface area (Å²) in [5.74, 6) is 0.260. The lowest BCUT2D eigenvalue weighted by Gasteiger charge is -2.18. The van der Waals surface area contributed by atoms with Crippen LogP contribution in [0.2, 0.25) is 0 Å². The van der Waals surface area contributed by atoms with Crippen molar-refractivity contribution in [3.05, 3.63) is 28.1 Å². The fraction of sp³-hybridized carbons (Fsp3) is 0.357. The first-order chi connectivity index (χ1) is 9.85. The van der Waals surface area contributed by atoms with Crippen molar-refractivity contribution in [3.8, 4) is 0 Å². The van der Waals surface area contributed by atoms with E-state index in [4.69, 9.17) is 4.42 Å². The second kappa shape index (κ2) is 5.77. The topological polar surface area (TPSA) is 76.8 Å². The summed E-state index contributed by atoms with van der Waals surface area (Å²) in [6.07, 6.45) is 1.60. The summed E-state index contributed by atoms with van der Waals surface area (Å²) in [7, 11) is 1.21. The van der Waals surface area contributed by atoms with Gasteiger partial charge in [-0.05, 0) is 44.7 Å². The molecule has 1 fully saturated rings. The minimum Gasteiger partial charge on any atom is -0.467 e. The Kier molecular flexibility index (Phi) is 4.22. The number of aryl methyl sites for hydroxylation is 2. The van der Waals surface area contributed by atoms with Crippen LogP contribution >= 0.6 is 11.8 Å². The van der Waals surface area contributed by atoms with Crippen molar-refractivity contribution in [1.82, 2.24) is 4.90 Å². The number of amides is 2. The van der Waals surface area contributed by atoms with E-state index < -0.39 is 23.2 Å². The zero-order chi connectivity index (χ0) is 15.7. The third kappa shape index (κ3) is 2.87. The minimum absolute atomic E-state index is 0.264. The van der Waals surface area contributed by atoms with E-state index in [1.54, 1.807) is 26.0 Å². The molecule has 0 saturated carbocycles. The van der Waals surface area contributed by atoms with E-state index in [9.17, 15) is 14.4 Å². The SMILES string of the molecule is COC(=O)C(C)N1C(=O)S/C(=C/c2cc(C)oc2C)C1=O. The van der Waals surface area contributed by atoms with Gasteiger partial charge in [-0.25, -0.2) is 4.79 Å².